The highest BCUT2D eigenvalue weighted by molar-refractivity contribution is 5.79. The molecule has 0 aromatic rings. The first kappa shape index (κ1) is 12.3. The maximum Gasteiger partial charge on any atom is 0.139 e. The van der Waals surface area contributed by atoms with Crippen LogP contribution in [0.25, 0.3) is 0 Å². The monoisotopic (exact) mass is 213 g/mol. The average molecular weight is 213 g/mol. The molecule has 0 unspecified atom stereocenters. The fourth-order valence-electron chi connectivity index (χ4n) is 1.84. The molecule has 0 amide bonds. The molecule has 1 rings (SSSR count). The Labute approximate surface area is 92.1 Å². The summed E-state index contributed by atoms with van der Waals surface area (Å²) in [5, 5.41) is 11.4. The normalized spacial score (nSPS) is 17.7. The third kappa shape index (κ3) is 5.02. The molecule has 1 saturated carbocycles. The molecule has 0 heterocycles. The van der Waals surface area contributed by atoms with E-state index in [2.05, 4.69) is 23.9 Å². The molecule has 1 aliphatic carbocycles. The molecule has 0 bridgehead atoms. The van der Waals surface area contributed by atoms with E-state index >= 15 is 0 Å². The standard InChI is InChI=1S/C11H23N3O/c1-9(2)8-14(10-5-6-10)7-3-4-11(12)13-15/h9-10,15H,3-8H2,1-2H3,(H2,12,13). The molecular formula is C11H23N3O. The second-order valence-corrected chi connectivity index (χ2v) is 4.81. The van der Waals surface area contributed by atoms with Crippen molar-refractivity contribution in [2.75, 3.05) is 13.1 Å². The van der Waals surface area contributed by atoms with Gasteiger partial charge in [-0.2, -0.15) is 0 Å². The van der Waals surface area contributed by atoms with Crippen molar-refractivity contribution in [3.63, 3.8) is 0 Å². The summed E-state index contributed by atoms with van der Waals surface area (Å²) in [6, 6.07) is 0.805. The van der Waals surface area contributed by atoms with Gasteiger partial charge in [0.2, 0.25) is 0 Å². The highest BCUT2D eigenvalue weighted by Crippen LogP contribution is 2.27. The van der Waals surface area contributed by atoms with Crippen LogP contribution < -0.4 is 5.73 Å². The van der Waals surface area contributed by atoms with Crippen molar-refractivity contribution in [2.24, 2.45) is 16.8 Å². The summed E-state index contributed by atoms with van der Waals surface area (Å²) in [6.45, 7) is 6.73. The fraction of sp³-hybridized carbons (Fsp3) is 0.909. The largest absolute Gasteiger partial charge is 0.409 e. The summed E-state index contributed by atoms with van der Waals surface area (Å²) in [6.07, 6.45) is 4.36. The number of nitrogens with two attached hydrogens (primary N) is 1. The van der Waals surface area contributed by atoms with Crippen LogP contribution in [0.1, 0.15) is 39.5 Å². The molecule has 0 saturated heterocycles. The van der Waals surface area contributed by atoms with Crippen molar-refractivity contribution in [1.29, 1.82) is 0 Å². The van der Waals surface area contributed by atoms with Crippen LogP contribution in [0, 0.1) is 5.92 Å². The summed E-state index contributed by atoms with van der Waals surface area (Å²) in [7, 11) is 0. The molecule has 88 valence electrons. The topological polar surface area (TPSA) is 61.8 Å². The van der Waals surface area contributed by atoms with E-state index in [9.17, 15) is 0 Å². The molecule has 3 N–H and O–H groups in total. The molecular weight excluding hydrogens is 190 g/mol. The van der Waals surface area contributed by atoms with Crippen molar-refractivity contribution < 1.29 is 5.21 Å². The molecule has 0 spiro atoms. The Morgan fingerprint density at radius 3 is 2.67 bits per heavy atom. The minimum atomic E-state index is 0.343. The van der Waals surface area contributed by atoms with Crippen LogP contribution in [-0.4, -0.2) is 35.1 Å². The lowest BCUT2D eigenvalue weighted by Crippen LogP contribution is -2.31. The van der Waals surface area contributed by atoms with E-state index in [0.717, 1.165) is 24.9 Å². The van der Waals surface area contributed by atoms with E-state index in [-0.39, 0.29) is 0 Å². The number of hydrogen-bond acceptors (Lipinski definition) is 3. The molecule has 1 aliphatic rings. The van der Waals surface area contributed by atoms with Gasteiger partial charge in [0.25, 0.3) is 0 Å². The summed E-state index contributed by atoms with van der Waals surface area (Å²) in [5.41, 5.74) is 5.43. The maximum atomic E-state index is 8.42. The van der Waals surface area contributed by atoms with Crippen molar-refractivity contribution in [1.82, 2.24) is 4.90 Å². The van der Waals surface area contributed by atoms with Gasteiger partial charge in [0.1, 0.15) is 5.84 Å². The van der Waals surface area contributed by atoms with E-state index in [1.165, 1.54) is 19.4 Å². The fourth-order valence-corrected chi connectivity index (χ4v) is 1.84. The van der Waals surface area contributed by atoms with E-state index < -0.39 is 0 Å². The van der Waals surface area contributed by atoms with E-state index in [4.69, 9.17) is 10.9 Å². The molecule has 0 aromatic carbocycles. The zero-order valence-electron chi connectivity index (χ0n) is 9.82. The zero-order valence-corrected chi connectivity index (χ0v) is 9.82. The molecule has 0 radical (unpaired) electrons. The maximum absolute atomic E-state index is 8.42. The Kier molecular flexibility index (Phi) is 4.88. The third-order valence-corrected chi connectivity index (χ3v) is 2.67. The molecule has 4 heteroatoms. The number of rotatable bonds is 7. The van der Waals surface area contributed by atoms with Gasteiger partial charge in [-0.1, -0.05) is 19.0 Å². The smallest absolute Gasteiger partial charge is 0.139 e. The molecule has 0 aromatic heterocycles. The Bertz CT molecular complexity index is 212. The third-order valence-electron chi connectivity index (χ3n) is 2.67. The van der Waals surface area contributed by atoms with E-state index in [1.54, 1.807) is 0 Å². The van der Waals surface area contributed by atoms with Gasteiger partial charge >= 0.3 is 0 Å². The summed E-state index contributed by atoms with van der Waals surface area (Å²) in [4.78, 5) is 2.54. The Morgan fingerprint density at radius 2 is 2.20 bits per heavy atom. The van der Waals surface area contributed by atoms with Gasteiger partial charge in [-0.25, -0.2) is 0 Å². The van der Waals surface area contributed by atoms with Crippen LogP contribution >= 0.6 is 0 Å². The first-order chi connectivity index (χ1) is 7.13. The van der Waals surface area contributed by atoms with E-state index in [1.807, 2.05) is 0 Å². The Balaban J connectivity index is 2.20. The minimum absolute atomic E-state index is 0.343. The van der Waals surface area contributed by atoms with Gasteiger partial charge < -0.3 is 15.8 Å². The summed E-state index contributed by atoms with van der Waals surface area (Å²) >= 11 is 0. The van der Waals surface area contributed by atoms with Crippen molar-refractivity contribution >= 4 is 5.84 Å². The van der Waals surface area contributed by atoms with Gasteiger partial charge in [0, 0.05) is 19.0 Å². The summed E-state index contributed by atoms with van der Waals surface area (Å²) in [5.74, 6) is 1.06. The molecule has 4 nitrogen and oxygen atoms in total. The highest BCUT2D eigenvalue weighted by atomic mass is 16.4. The van der Waals surface area contributed by atoms with Gasteiger partial charge in [-0.3, -0.25) is 0 Å². The lowest BCUT2D eigenvalue weighted by Gasteiger charge is -2.23. The van der Waals surface area contributed by atoms with Crippen LogP contribution in [0.3, 0.4) is 0 Å². The van der Waals surface area contributed by atoms with Crippen LogP contribution in [0.5, 0.6) is 0 Å². The number of nitrogens with zero attached hydrogens (tertiary/aromatic N) is 2. The number of amidine groups is 1. The van der Waals surface area contributed by atoms with Crippen LogP contribution in [0.15, 0.2) is 5.16 Å². The first-order valence-electron chi connectivity index (χ1n) is 5.84. The van der Waals surface area contributed by atoms with Crippen LogP contribution in [-0.2, 0) is 0 Å². The predicted molar refractivity (Wildman–Crippen MR) is 62.1 cm³/mol. The van der Waals surface area contributed by atoms with Gasteiger partial charge in [-0.05, 0) is 31.7 Å². The van der Waals surface area contributed by atoms with Crippen molar-refractivity contribution in [2.45, 2.75) is 45.6 Å². The Hall–Kier alpha value is -0.770. The second-order valence-electron chi connectivity index (χ2n) is 4.81. The summed E-state index contributed by atoms with van der Waals surface area (Å²) < 4.78 is 0. The van der Waals surface area contributed by atoms with Crippen LogP contribution in [0.2, 0.25) is 0 Å². The lowest BCUT2D eigenvalue weighted by molar-refractivity contribution is 0.232. The quantitative estimate of drug-likeness (QED) is 0.292. The zero-order chi connectivity index (χ0) is 11.3. The molecule has 0 aliphatic heterocycles. The number of oxime groups is 1. The van der Waals surface area contributed by atoms with Gasteiger partial charge in [0.05, 0.1) is 0 Å². The minimum Gasteiger partial charge on any atom is -0.409 e. The second kappa shape index (κ2) is 5.95. The molecule has 15 heavy (non-hydrogen) atoms. The molecule has 1 fully saturated rings. The highest BCUT2D eigenvalue weighted by Gasteiger charge is 2.28. The predicted octanol–water partition coefficient (Wildman–Crippen LogP) is 1.63. The first-order valence-corrected chi connectivity index (χ1v) is 5.84. The van der Waals surface area contributed by atoms with Crippen LogP contribution in [0.4, 0.5) is 0 Å². The lowest BCUT2D eigenvalue weighted by atomic mass is 10.2. The van der Waals surface area contributed by atoms with Crippen molar-refractivity contribution in [3.8, 4) is 0 Å². The van der Waals surface area contributed by atoms with E-state index in [0.29, 0.717) is 12.3 Å². The SMILES string of the molecule is CC(C)CN(CCCC(N)=NO)C1CC1. The Morgan fingerprint density at radius 1 is 1.53 bits per heavy atom. The van der Waals surface area contributed by atoms with Gasteiger partial charge in [-0.15, -0.1) is 0 Å². The van der Waals surface area contributed by atoms with Crippen molar-refractivity contribution in [3.05, 3.63) is 0 Å². The van der Waals surface area contributed by atoms with Gasteiger partial charge in [0.15, 0.2) is 0 Å². The average Bonchev–Trinajstić information content (AvgIpc) is 2.98. The molecule has 0 atom stereocenters. The number of hydrogen-bond donors (Lipinski definition) is 2.